The Morgan fingerprint density at radius 2 is 1.62 bits per heavy atom. The van der Waals surface area contributed by atoms with Gasteiger partial charge in [-0.25, -0.2) is 13.2 Å². The van der Waals surface area contributed by atoms with E-state index in [-0.39, 0.29) is 22.1 Å². The number of carbonyl (C=O) groups is 1. The van der Waals surface area contributed by atoms with Crippen molar-refractivity contribution in [1.82, 2.24) is 4.31 Å². The second-order valence-corrected chi connectivity index (χ2v) is 9.71. The Morgan fingerprint density at radius 3 is 2.38 bits per heavy atom. The van der Waals surface area contributed by atoms with Crippen molar-refractivity contribution in [3.8, 4) is 11.5 Å². The number of halogens is 1. The van der Waals surface area contributed by atoms with Crippen molar-refractivity contribution in [2.24, 2.45) is 0 Å². The van der Waals surface area contributed by atoms with Crippen molar-refractivity contribution in [3.63, 3.8) is 0 Å². The number of esters is 1. The van der Waals surface area contributed by atoms with E-state index in [2.05, 4.69) is 0 Å². The average Bonchev–Trinajstić information content (AvgIpc) is 3.35. The summed E-state index contributed by atoms with van der Waals surface area (Å²) in [4.78, 5) is 12.5. The van der Waals surface area contributed by atoms with E-state index in [0.29, 0.717) is 24.6 Å². The Balaban J connectivity index is 1.45. The number of sulfonamides is 1. The molecule has 1 heterocycles. The first-order valence-corrected chi connectivity index (χ1v) is 12.0. The first-order chi connectivity index (χ1) is 15.4. The zero-order chi connectivity index (χ0) is 22.6. The smallest absolute Gasteiger partial charge is 0.338 e. The van der Waals surface area contributed by atoms with Gasteiger partial charge < -0.3 is 9.47 Å². The van der Waals surface area contributed by atoms with Gasteiger partial charge >= 0.3 is 5.97 Å². The molecule has 0 saturated carbocycles. The van der Waals surface area contributed by atoms with E-state index in [1.165, 1.54) is 22.5 Å². The largest absolute Gasteiger partial charge is 0.457 e. The molecule has 1 fully saturated rings. The van der Waals surface area contributed by atoms with Crippen LogP contribution in [0.4, 0.5) is 0 Å². The van der Waals surface area contributed by atoms with Gasteiger partial charge in [0, 0.05) is 13.1 Å². The monoisotopic (exact) mass is 471 g/mol. The first kappa shape index (κ1) is 22.3. The van der Waals surface area contributed by atoms with Gasteiger partial charge in [-0.15, -0.1) is 0 Å². The van der Waals surface area contributed by atoms with Crippen molar-refractivity contribution in [2.45, 2.75) is 24.3 Å². The van der Waals surface area contributed by atoms with E-state index in [1.54, 1.807) is 6.07 Å². The molecule has 0 spiro atoms. The van der Waals surface area contributed by atoms with Crippen molar-refractivity contribution < 1.29 is 22.7 Å². The number of ether oxygens (including phenoxy) is 2. The highest BCUT2D eigenvalue weighted by Gasteiger charge is 2.30. The highest BCUT2D eigenvalue weighted by molar-refractivity contribution is 7.89. The summed E-state index contributed by atoms with van der Waals surface area (Å²) in [6.07, 6.45) is 1.62. The molecule has 3 aromatic rings. The summed E-state index contributed by atoms with van der Waals surface area (Å²) >= 11 is 6.15. The van der Waals surface area contributed by atoms with Crippen molar-refractivity contribution in [3.05, 3.63) is 88.9 Å². The molecular formula is C24H22ClNO5S. The zero-order valence-corrected chi connectivity index (χ0v) is 18.8. The molecule has 1 saturated heterocycles. The third-order valence-electron chi connectivity index (χ3n) is 5.10. The van der Waals surface area contributed by atoms with Crippen LogP contribution in [0.3, 0.4) is 0 Å². The van der Waals surface area contributed by atoms with Gasteiger partial charge in [-0.3, -0.25) is 0 Å². The Morgan fingerprint density at radius 1 is 0.906 bits per heavy atom. The Bertz CT molecular complexity index is 1210. The topological polar surface area (TPSA) is 72.9 Å². The molecular weight excluding hydrogens is 450 g/mol. The third kappa shape index (κ3) is 5.12. The van der Waals surface area contributed by atoms with Crippen LogP contribution in [0.2, 0.25) is 5.02 Å². The molecule has 0 radical (unpaired) electrons. The van der Waals surface area contributed by atoms with E-state index in [0.717, 1.165) is 18.4 Å². The summed E-state index contributed by atoms with van der Waals surface area (Å²) in [6, 6.07) is 20.7. The fourth-order valence-corrected chi connectivity index (χ4v) is 5.47. The summed E-state index contributed by atoms with van der Waals surface area (Å²) in [5.74, 6) is 0.693. The molecule has 3 aromatic carbocycles. The van der Waals surface area contributed by atoms with Crippen LogP contribution in [0.25, 0.3) is 0 Å². The SMILES string of the molecule is O=C(OCc1cccc(Oc2ccccc2)c1)c1ccc(Cl)c(S(=O)(=O)N2CCCC2)c1. The maximum atomic E-state index is 12.9. The molecule has 0 N–H and O–H groups in total. The van der Waals surface area contributed by atoms with Gasteiger partial charge in [-0.05, 0) is 60.9 Å². The fourth-order valence-electron chi connectivity index (χ4n) is 3.45. The van der Waals surface area contributed by atoms with Gasteiger partial charge in [-0.2, -0.15) is 4.31 Å². The number of hydrogen-bond donors (Lipinski definition) is 0. The predicted octanol–water partition coefficient (Wildman–Crippen LogP) is 5.27. The predicted molar refractivity (Wildman–Crippen MR) is 122 cm³/mol. The summed E-state index contributed by atoms with van der Waals surface area (Å²) in [6.45, 7) is 0.922. The fraction of sp³-hybridized carbons (Fsp3) is 0.208. The average molecular weight is 472 g/mol. The van der Waals surface area contributed by atoms with E-state index < -0.39 is 16.0 Å². The van der Waals surface area contributed by atoms with Gasteiger partial charge in [0.25, 0.3) is 0 Å². The minimum atomic E-state index is -3.75. The number of nitrogens with zero attached hydrogens (tertiary/aromatic N) is 1. The number of para-hydroxylation sites is 1. The third-order valence-corrected chi connectivity index (χ3v) is 7.48. The van der Waals surface area contributed by atoms with Gasteiger partial charge in [0.05, 0.1) is 10.6 Å². The van der Waals surface area contributed by atoms with Crippen LogP contribution in [0.5, 0.6) is 11.5 Å². The van der Waals surface area contributed by atoms with E-state index in [9.17, 15) is 13.2 Å². The maximum absolute atomic E-state index is 12.9. The van der Waals surface area contributed by atoms with Crippen molar-refractivity contribution in [1.29, 1.82) is 0 Å². The van der Waals surface area contributed by atoms with Gasteiger partial charge in [0.1, 0.15) is 23.0 Å². The summed E-state index contributed by atoms with van der Waals surface area (Å²) in [7, 11) is -3.75. The Hall–Kier alpha value is -2.87. The van der Waals surface area contributed by atoms with Crippen LogP contribution in [-0.2, 0) is 21.4 Å². The Kier molecular flexibility index (Phi) is 6.79. The van der Waals surface area contributed by atoms with E-state index >= 15 is 0 Å². The van der Waals surface area contributed by atoms with E-state index in [1.807, 2.05) is 48.5 Å². The van der Waals surface area contributed by atoms with Crippen LogP contribution in [0, 0.1) is 0 Å². The number of rotatable bonds is 7. The van der Waals surface area contributed by atoms with Crippen LogP contribution in [-0.4, -0.2) is 31.8 Å². The standard InChI is InChI=1S/C24H22ClNO5S/c25-22-12-11-19(16-23(22)32(28,29)26-13-4-5-14-26)24(27)30-17-18-7-6-10-21(15-18)31-20-8-2-1-3-9-20/h1-3,6-12,15-16H,4-5,13-14,17H2. The summed E-state index contributed by atoms with van der Waals surface area (Å²) < 4.78 is 38.3. The normalized spacial score (nSPS) is 14.3. The van der Waals surface area contributed by atoms with Gasteiger partial charge in [0.2, 0.25) is 10.0 Å². The maximum Gasteiger partial charge on any atom is 0.338 e. The highest BCUT2D eigenvalue weighted by atomic mass is 35.5. The molecule has 0 aromatic heterocycles. The Labute approximate surface area is 192 Å². The lowest BCUT2D eigenvalue weighted by molar-refractivity contribution is 0.0472. The lowest BCUT2D eigenvalue weighted by Gasteiger charge is -2.17. The molecule has 8 heteroatoms. The van der Waals surface area contributed by atoms with Crippen LogP contribution >= 0.6 is 11.6 Å². The van der Waals surface area contributed by atoms with Crippen LogP contribution in [0.1, 0.15) is 28.8 Å². The minimum absolute atomic E-state index is 0.0155. The lowest BCUT2D eigenvalue weighted by Crippen LogP contribution is -2.28. The summed E-state index contributed by atoms with van der Waals surface area (Å²) in [5.41, 5.74) is 0.870. The highest BCUT2D eigenvalue weighted by Crippen LogP contribution is 2.28. The number of hydrogen-bond acceptors (Lipinski definition) is 5. The quantitative estimate of drug-likeness (QED) is 0.439. The van der Waals surface area contributed by atoms with Gasteiger partial charge in [-0.1, -0.05) is 41.9 Å². The molecule has 32 heavy (non-hydrogen) atoms. The van der Waals surface area contributed by atoms with Crippen LogP contribution < -0.4 is 4.74 Å². The molecule has 0 amide bonds. The molecule has 0 unspecified atom stereocenters. The number of benzene rings is 3. The molecule has 1 aliphatic heterocycles. The summed E-state index contributed by atoms with van der Waals surface area (Å²) in [5, 5.41) is 0.0826. The molecule has 4 rings (SSSR count). The molecule has 6 nitrogen and oxygen atoms in total. The number of carbonyl (C=O) groups excluding carboxylic acids is 1. The zero-order valence-electron chi connectivity index (χ0n) is 17.2. The van der Waals surface area contributed by atoms with Crippen LogP contribution in [0.15, 0.2) is 77.7 Å². The van der Waals surface area contributed by atoms with Crippen molar-refractivity contribution >= 4 is 27.6 Å². The van der Waals surface area contributed by atoms with Crippen molar-refractivity contribution in [2.75, 3.05) is 13.1 Å². The molecule has 166 valence electrons. The second kappa shape index (κ2) is 9.73. The molecule has 0 bridgehead atoms. The molecule has 0 aliphatic carbocycles. The molecule has 0 atom stereocenters. The van der Waals surface area contributed by atoms with Gasteiger partial charge in [0.15, 0.2) is 0 Å². The second-order valence-electron chi connectivity index (χ2n) is 7.40. The minimum Gasteiger partial charge on any atom is -0.457 e. The first-order valence-electron chi connectivity index (χ1n) is 10.2. The lowest BCUT2D eigenvalue weighted by atomic mass is 10.2. The molecule has 1 aliphatic rings. The van der Waals surface area contributed by atoms with E-state index in [4.69, 9.17) is 21.1 Å².